The first-order valence-electron chi connectivity index (χ1n) is 10.3. The number of phenols is 1. The minimum absolute atomic E-state index is 0.0341. The third kappa shape index (κ3) is 4.16. The number of pyridine rings is 1. The monoisotopic (exact) mass is 425 g/mol. The molecule has 2 aromatic heterocycles. The number of aromatic nitrogens is 2. The van der Waals surface area contributed by atoms with Gasteiger partial charge in [-0.1, -0.05) is 0 Å². The molecule has 3 heterocycles. The predicted molar refractivity (Wildman–Crippen MR) is 113 cm³/mol. The molecule has 0 bridgehead atoms. The van der Waals surface area contributed by atoms with E-state index in [4.69, 9.17) is 0 Å². The molecule has 1 aliphatic rings. The molecule has 0 atom stereocenters. The Labute approximate surface area is 178 Å². The number of hydrogen-bond acceptors (Lipinski definition) is 6. The average Bonchev–Trinajstić information content (AvgIpc) is 2.74. The third-order valence-electron chi connectivity index (χ3n) is 6.00. The minimum Gasteiger partial charge on any atom is -0.507 e. The van der Waals surface area contributed by atoms with E-state index in [2.05, 4.69) is 9.88 Å². The number of aromatic hydroxyl groups is 2. The molecule has 31 heavy (non-hydrogen) atoms. The van der Waals surface area contributed by atoms with Gasteiger partial charge in [-0.25, -0.2) is 9.37 Å². The predicted octanol–water partition coefficient (Wildman–Crippen LogP) is 2.69. The summed E-state index contributed by atoms with van der Waals surface area (Å²) in [6.45, 7) is 3.82. The lowest BCUT2D eigenvalue weighted by molar-refractivity contribution is 0.0838. The lowest BCUT2D eigenvalue weighted by Gasteiger charge is -2.31. The van der Waals surface area contributed by atoms with E-state index in [-0.39, 0.29) is 40.0 Å². The van der Waals surface area contributed by atoms with Crippen LogP contribution >= 0.6 is 0 Å². The van der Waals surface area contributed by atoms with E-state index < -0.39 is 5.82 Å². The number of benzene rings is 1. The maximum absolute atomic E-state index is 13.2. The van der Waals surface area contributed by atoms with Gasteiger partial charge in [-0.3, -0.25) is 14.0 Å². The summed E-state index contributed by atoms with van der Waals surface area (Å²) in [5, 5.41) is 19.8. The summed E-state index contributed by atoms with van der Waals surface area (Å²) in [5.74, 6) is -1.31. The van der Waals surface area contributed by atoms with Crippen LogP contribution in [0.5, 0.6) is 11.5 Å². The van der Waals surface area contributed by atoms with Crippen molar-refractivity contribution in [2.45, 2.75) is 26.2 Å². The highest BCUT2D eigenvalue weighted by atomic mass is 19.1. The Bertz CT molecular complexity index is 1200. The second-order valence-corrected chi connectivity index (χ2v) is 7.96. The van der Waals surface area contributed by atoms with Crippen LogP contribution in [0.2, 0.25) is 0 Å². The first-order chi connectivity index (χ1) is 14.8. The van der Waals surface area contributed by atoms with Crippen molar-refractivity contribution in [3.8, 4) is 11.5 Å². The number of phenolic OH excluding ortho intramolecular Hbond substituents is 1. The number of hydrogen-bond donors (Lipinski definition) is 2. The van der Waals surface area contributed by atoms with E-state index in [0.29, 0.717) is 50.2 Å². The lowest BCUT2D eigenvalue weighted by atomic mass is 9.88. The quantitative estimate of drug-likeness (QED) is 0.611. The Balaban J connectivity index is 1.40. The van der Waals surface area contributed by atoms with Crippen molar-refractivity contribution in [3.63, 3.8) is 0 Å². The molecule has 1 aromatic carbocycles. The van der Waals surface area contributed by atoms with Crippen LogP contribution in [0.25, 0.3) is 5.65 Å². The molecule has 0 spiro atoms. The molecule has 0 saturated carbocycles. The van der Waals surface area contributed by atoms with E-state index in [0.717, 1.165) is 6.07 Å². The number of carbonyl (C=O) groups excluding carboxylic acids is 1. The summed E-state index contributed by atoms with van der Waals surface area (Å²) in [5.41, 5.74) is 1.43. The van der Waals surface area contributed by atoms with Crippen LogP contribution in [-0.4, -0.2) is 49.9 Å². The Morgan fingerprint density at radius 1 is 1.19 bits per heavy atom. The molecule has 1 saturated heterocycles. The normalized spacial score (nSPS) is 15.4. The molecular formula is C23H24FN3O4. The van der Waals surface area contributed by atoms with Crippen LogP contribution in [0, 0.1) is 18.7 Å². The van der Waals surface area contributed by atoms with E-state index in [1.165, 1.54) is 22.6 Å². The van der Waals surface area contributed by atoms with E-state index in [1.54, 1.807) is 19.2 Å². The Morgan fingerprint density at radius 3 is 2.65 bits per heavy atom. The van der Waals surface area contributed by atoms with Crippen LogP contribution in [0.1, 0.15) is 34.5 Å². The zero-order valence-electron chi connectivity index (χ0n) is 17.2. The number of fused-ring (bicyclic) bond motifs is 1. The first-order valence-corrected chi connectivity index (χ1v) is 10.3. The van der Waals surface area contributed by atoms with Crippen LogP contribution < -0.4 is 5.56 Å². The molecule has 8 heteroatoms. The van der Waals surface area contributed by atoms with E-state index in [1.807, 2.05) is 0 Å². The number of aryl methyl sites for hydroxylation is 1. The second kappa shape index (κ2) is 8.47. The van der Waals surface area contributed by atoms with Gasteiger partial charge >= 0.3 is 0 Å². The van der Waals surface area contributed by atoms with Crippen molar-refractivity contribution in [1.29, 1.82) is 0 Å². The minimum atomic E-state index is -0.575. The summed E-state index contributed by atoms with van der Waals surface area (Å²) in [6.07, 6.45) is 3.39. The fraction of sp³-hybridized carbons (Fsp3) is 0.348. The highest BCUT2D eigenvalue weighted by molar-refractivity contribution is 6.00. The van der Waals surface area contributed by atoms with Crippen molar-refractivity contribution in [2.24, 2.45) is 5.92 Å². The Morgan fingerprint density at radius 2 is 1.94 bits per heavy atom. The van der Waals surface area contributed by atoms with Gasteiger partial charge in [0.15, 0.2) is 17.2 Å². The molecule has 162 valence electrons. The zero-order chi connectivity index (χ0) is 22.1. The Hall–Kier alpha value is -3.26. The van der Waals surface area contributed by atoms with Crippen molar-refractivity contribution in [1.82, 2.24) is 14.3 Å². The molecular weight excluding hydrogens is 401 g/mol. The average molecular weight is 425 g/mol. The molecule has 0 aliphatic carbocycles. The third-order valence-corrected chi connectivity index (χ3v) is 6.00. The number of halogens is 1. The summed E-state index contributed by atoms with van der Waals surface area (Å²) >= 11 is 0. The SMILES string of the molecule is Cc1nc2c(O)cccn2c(=O)c1CCN1CCC(C(=O)c2ccc(F)cc2O)CC1. The highest BCUT2D eigenvalue weighted by Crippen LogP contribution is 2.27. The van der Waals surface area contributed by atoms with Crippen LogP contribution in [0.15, 0.2) is 41.3 Å². The summed E-state index contributed by atoms with van der Waals surface area (Å²) in [6, 6.07) is 6.57. The molecule has 3 aromatic rings. The van der Waals surface area contributed by atoms with Gasteiger partial charge < -0.3 is 15.1 Å². The second-order valence-electron chi connectivity index (χ2n) is 7.96. The maximum Gasteiger partial charge on any atom is 0.261 e. The van der Waals surface area contributed by atoms with Crippen LogP contribution in [0.3, 0.4) is 0 Å². The number of ketones is 1. The topological polar surface area (TPSA) is 95.1 Å². The molecule has 0 unspecified atom stereocenters. The van der Waals surface area contributed by atoms with Crippen molar-refractivity contribution in [3.05, 3.63) is 69.5 Å². The van der Waals surface area contributed by atoms with Gasteiger partial charge in [-0.05, 0) is 63.5 Å². The van der Waals surface area contributed by atoms with E-state index >= 15 is 0 Å². The molecule has 1 aliphatic heterocycles. The van der Waals surface area contributed by atoms with Gasteiger partial charge in [0.05, 0.1) is 5.56 Å². The van der Waals surface area contributed by atoms with Crippen molar-refractivity contribution < 1.29 is 19.4 Å². The highest BCUT2D eigenvalue weighted by Gasteiger charge is 2.27. The Kier molecular flexibility index (Phi) is 5.73. The van der Waals surface area contributed by atoms with Gasteiger partial charge in [-0.2, -0.15) is 0 Å². The zero-order valence-corrected chi connectivity index (χ0v) is 17.2. The number of carbonyl (C=O) groups is 1. The molecule has 0 amide bonds. The van der Waals surface area contributed by atoms with Crippen LogP contribution in [-0.2, 0) is 6.42 Å². The van der Waals surface area contributed by atoms with Crippen molar-refractivity contribution in [2.75, 3.05) is 19.6 Å². The van der Waals surface area contributed by atoms with Gasteiger partial charge in [0, 0.05) is 36.0 Å². The number of likely N-dealkylation sites (tertiary alicyclic amines) is 1. The lowest BCUT2D eigenvalue weighted by Crippen LogP contribution is -2.38. The maximum atomic E-state index is 13.2. The fourth-order valence-corrected chi connectivity index (χ4v) is 4.20. The van der Waals surface area contributed by atoms with Gasteiger partial charge in [-0.15, -0.1) is 0 Å². The van der Waals surface area contributed by atoms with E-state index in [9.17, 15) is 24.2 Å². The van der Waals surface area contributed by atoms with Crippen LogP contribution in [0.4, 0.5) is 4.39 Å². The molecule has 7 nitrogen and oxygen atoms in total. The fourth-order valence-electron chi connectivity index (χ4n) is 4.20. The van der Waals surface area contributed by atoms with Gasteiger partial charge in [0.25, 0.3) is 5.56 Å². The standard InChI is InChI=1S/C23H24FN3O4/c1-14-17(23(31)27-9-2-3-19(28)22(27)25-14)8-12-26-10-6-15(7-11-26)21(30)18-5-4-16(24)13-20(18)29/h2-5,9,13,15,28-29H,6-8,10-12H2,1H3. The molecule has 0 radical (unpaired) electrons. The molecule has 1 fully saturated rings. The smallest absolute Gasteiger partial charge is 0.261 e. The summed E-state index contributed by atoms with van der Waals surface area (Å²) in [4.78, 5) is 32.1. The molecule has 4 rings (SSSR count). The number of Topliss-reactive ketones (excluding diaryl/α,β-unsaturated/α-hetero) is 1. The number of rotatable bonds is 5. The number of nitrogens with zero attached hydrogens (tertiary/aromatic N) is 3. The van der Waals surface area contributed by atoms with Gasteiger partial charge in [0.2, 0.25) is 0 Å². The largest absolute Gasteiger partial charge is 0.507 e. The van der Waals surface area contributed by atoms with Crippen molar-refractivity contribution >= 4 is 11.4 Å². The molecule has 2 N–H and O–H groups in total. The summed E-state index contributed by atoms with van der Waals surface area (Å²) < 4.78 is 14.5. The first kappa shape index (κ1) is 21.0. The summed E-state index contributed by atoms with van der Waals surface area (Å²) in [7, 11) is 0. The number of piperidine rings is 1. The van der Waals surface area contributed by atoms with Gasteiger partial charge in [0.1, 0.15) is 11.6 Å².